The highest BCUT2D eigenvalue weighted by molar-refractivity contribution is 5.72. The molecule has 110 valence electrons. The van der Waals surface area contributed by atoms with Crippen LogP contribution in [-0.4, -0.2) is 36.4 Å². The Morgan fingerprint density at radius 2 is 2.25 bits per heavy atom. The minimum Gasteiger partial charge on any atom is -0.479 e. The van der Waals surface area contributed by atoms with E-state index in [9.17, 15) is 4.79 Å². The van der Waals surface area contributed by atoms with E-state index in [2.05, 4.69) is 30.0 Å². The molecule has 0 fully saturated rings. The minimum atomic E-state index is -0.871. The number of benzene rings is 1. The summed E-state index contributed by atoms with van der Waals surface area (Å²) in [5.41, 5.74) is 2.60. The van der Waals surface area contributed by atoms with Crippen LogP contribution >= 0.6 is 0 Å². The van der Waals surface area contributed by atoms with Gasteiger partial charge in [0.2, 0.25) is 0 Å². The quantitative estimate of drug-likeness (QED) is 0.868. The number of anilines is 1. The molecule has 0 saturated carbocycles. The number of hydrogen-bond acceptors (Lipinski definition) is 3. The van der Waals surface area contributed by atoms with Crippen LogP contribution in [0.25, 0.3) is 0 Å². The molecule has 0 saturated heterocycles. The van der Waals surface area contributed by atoms with Crippen molar-refractivity contribution in [3.63, 3.8) is 0 Å². The highest BCUT2D eigenvalue weighted by Gasteiger charge is 2.25. The molecule has 2 atom stereocenters. The number of ether oxygens (including phenoxy) is 1. The third-order valence-corrected chi connectivity index (χ3v) is 3.94. The van der Waals surface area contributed by atoms with Crippen molar-refractivity contribution in [1.29, 1.82) is 0 Å². The Morgan fingerprint density at radius 1 is 1.50 bits per heavy atom. The molecule has 0 amide bonds. The number of fused-ring (bicyclic) bond motifs is 1. The average Bonchev–Trinajstić information content (AvgIpc) is 2.44. The van der Waals surface area contributed by atoms with Gasteiger partial charge in [0.15, 0.2) is 6.10 Å². The fourth-order valence-electron chi connectivity index (χ4n) is 2.84. The number of hydrogen-bond donors (Lipinski definition) is 1. The van der Waals surface area contributed by atoms with Gasteiger partial charge >= 0.3 is 5.97 Å². The van der Waals surface area contributed by atoms with Crippen molar-refractivity contribution in [2.45, 2.75) is 45.3 Å². The van der Waals surface area contributed by atoms with E-state index < -0.39 is 12.1 Å². The highest BCUT2D eigenvalue weighted by atomic mass is 16.5. The van der Waals surface area contributed by atoms with Gasteiger partial charge in [-0.3, -0.25) is 0 Å². The van der Waals surface area contributed by atoms with Gasteiger partial charge in [0.25, 0.3) is 0 Å². The Balaban J connectivity index is 2.06. The monoisotopic (exact) mass is 277 g/mol. The van der Waals surface area contributed by atoms with Crippen LogP contribution in [0.3, 0.4) is 0 Å². The van der Waals surface area contributed by atoms with Gasteiger partial charge in [-0.15, -0.1) is 0 Å². The summed E-state index contributed by atoms with van der Waals surface area (Å²) in [5, 5.41) is 9.15. The zero-order valence-electron chi connectivity index (χ0n) is 12.2. The van der Waals surface area contributed by atoms with Crippen LogP contribution in [0.4, 0.5) is 5.69 Å². The van der Waals surface area contributed by atoms with Gasteiger partial charge in [-0.2, -0.15) is 0 Å². The maximum absolute atomic E-state index is 11.1. The van der Waals surface area contributed by atoms with E-state index in [0.717, 1.165) is 19.4 Å². The molecule has 2 unspecified atom stereocenters. The Bertz CT molecular complexity index is 461. The van der Waals surface area contributed by atoms with E-state index in [1.165, 1.54) is 11.3 Å². The number of aryl methyl sites for hydroxylation is 1. The van der Waals surface area contributed by atoms with Crippen molar-refractivity contribution in [3.05, 3.63) is 29.8 Å². The molecule has 1 aromatic rings. The van der Waals surface area contributed by atoms with E-state index in [1.54, 1.807) is 0 Å². The summed E-state index contributed by atoms with van der Waals surface area (Å²) >= 11 is 0. The third kappa shape index (κ3) is 3.31. The summed E-state index contributed by atoms with van der Waals surface area (Å²) in [5.74, 6) is -0.871. The molecule has 1 aliphatic heterocycles. The number of rotatable bonds is 6. The molecular formula is C16H23NO3. The van der Waals surface area contributed by atoms with Crippen LogP contribution in [-0.2, 0) is 16.0 Å². The second-order valence-electron chi connectivity index (χ2n) is 5.28. The Morgan fingerprint density at radius 3 is 2.95 bits per heavy atom. The number of nitrogens with zero attached hydrogens (tertiary/aromatic N) is 1. The number of carboxylic acids is 1. The molecule has 1 N–H and O–H groups in total. The predicted molar refractivity (Wildman–Crippen MR) is 79.2 cm³/mol. The summed E-state index contributed by atoms with van der Waals surface area (Å²) in [7, 11) is 0. The zero-order valence-corrected chi connectivity index (χ0v) is 12.2. The van der Waals surface area contributed by atoms with Crippen LogP contribution in [0.2, 0.25) is 0 Å². The molecule has 4 heteroatoms. The molecule has 1 heterocycles. The van der Waals surface area contributed by atoms with Crippen molar-refractivity contribution in [1.82, 2.24) is 0 Å². The molecule has 2 rings (SSSR count). The summed E-state index contributed by atoms with van der Waals surface area (Å²) in [6, 6.07) is 8.84. The highest BCUT2D eigenvalue weighted by Crippen LogP contribution is 2.30. The van der Waals surface area contributed by atoms with E-state index in [1.807, 2.05) is 13.0 Å². The van der Waals surface area contributed by atoms with Crippen molar-refractivity contribution < 1.29 is 14.6 Å². The van der Waals surface area contributed by atoms with Crippen LogP contribution < -0.4 is 4.90 Å². The Kier molecular flexibility index (Phi) is 5.01. The maximum Gasteiger partial charge on any atom is 0.332 e. The largest absolute Gasteiger partial charge is 0.479 e. The fourth-order valence-corrected chi connectivity index (χ4v) is 2.84. The number of aliphatic carboxylic acids is 1. The Hall–Kier alpha value is -1.55. The second-order valence-corrected chi connectivity index (χ2v) is 5.28. The van der Waals surface area contributed by atoms with E-state index >= 15 is 0 Å². The lowest BCUT2D eigenvalue weighted by Crippen LogP contribution is -2.40. The zero-order chi connectivity index (χ0) is 14.5. The number of carboxylic acid groups (broad SMARTS) is 1. The van der Waals surface area contributed by atoms with Gasteiger partial charge in [0.05, 0.1) is 0 Å². The first-order valence-corrected chi connectivity index (χ1v) is 7.32. The van der Waals surface area contributed by atoms with Gasteiger partial charge < -0.3 is 14.7 Å². The maximum atomic E-state index is 11.1. The third-order valence-electron chi connectivity index (χ3n) is 3.94. The van der Waals surface area contributed by atoms with E-state index in [-0.39, 0.29) is 0 Å². The summed E-state index contributed by atoms with van der Waals surface area (Å²) < 4.78 is 5.29. The lowest BCUT2D eigenvalue weighted by atomic mass is 9.96. The summed E-state index contributed by atoms with van der Waals surface area (Å²) in [6.45, 7) is 5.18. The van der Waals surface area contributed by atoms with Crippen LogP contribution in [0, 0.1) is 0 Å². The fraction of sp³-hybridized carbons (Fsp3) is 0.562. The molecule has 0 aliphatic carbocycles. The molecule has 1 aliphatic rings. The number of carbonyl (C=O) groups is 1. The van der Waals surface area contributed by atoms with E-state index in [4.69, 9.17) is 9.84 Å². The minimum absolute atomic E-state index is 0.434. The molecule has 0 radical (unpaired) electrons. The van der Waals surface area contributed by atoms with Crippen molar-refractivity contribution in [2.75, 3.05) is 18.1 Å². The molecule has 0 bridgehead atoms. The first-order chi connectivity index (χ1) is 9.63. The van der Waals surface area contributed by atoms with Gasteiger partial charge in [0.1, 0.15) is 0 Å². The number of para-hydroxylation sites is 1. The van der Waals surface area contributed by atoms with Crippen molar-refractivity contribution in [3.8, 4) is 0 Å². The summed E-state index contributed by atoms with van der Waals surface area (Å²) in [4.78, 5) is 13.5. The van der Waals surface area contributed by atoms with Crippen LogP contribution in [0.1, 0.15) is 32.3 Å². The van der Waals surface area contributed by atoms with Gasteiger partial charge in [-0.1, -0.05) is 18.2 Å². The first-order valence-electron chi connectivity index (χ1n) is 7.32. The summed E-state index contributed by atoms with van der Waals surface area (Å²) in [6.07, 6.45) is 2.02. The second kappa shape index (κ2) is 6.75. The standard InChI is InChI=1S/C16H23NO3/c1-3-20-15(16(18)19)10-11-17-12(2)8-9-13-6-4-5-7-14(13)17/h4-7,12,15H,3,8-11H2,1-2H3,(H,18,19). The van der Waals surface area contributed by atoms with Crippen LogP contribution in [0.15, 0.2) is 24.3 Å². The van der Waals surface area contributed by atoms with E-state index in [0.29, 0.717) is 19.1 Å². The average molecular weight is 277 g/mol. The molecular weight excluding hydrogens is 254 g/mol. The molecule has 1 aromatic carbocycles. The smallest absolute Gasteiger partial charge is 0.332 e. The van der Waals surface area contributed by atoms with Crippen molar-refractivity contribution >= 4 is 11.7 Å². The predicted octanol–water partition coefficient (Wildman–Crippen LogP) is 2.71. The SMILES string of the molecule is CCOC(CCN1c2ccccc2CCC1C)C(=O)O. The molecule has 0 aromatic heterocycles. The molecule has 20 heavy (non-hydrogen) atoms. The van der Waals surface area contributed by atoms with Crippen LogP contribution in [0.5, 0.6) is 0 Å². The lowest BCUT2D eigenvalue weighted by Gasteiger charge is -2.37. The van der Waals surface area contributed by atoms with Gasteiger partial charge in [-0.25, -0.2) is 4.79 Å². The molecule has 4 nitrogen and oxygen atoms in total. The van der Waals surface area contributed by atoms with Crippen molar-refractivity contribution in [2.24, 2.45) is 0 Å². The Labute approximate surface area is 120 Å². The normalized spacial score (nSPS) is 19.5. The van der Waals surface area contributed by atoms with Gasteiger partial charge in [0, 0.05) is 31.3 Å². The molecule has 0 spiro atoms. The topological polar surface area (TPSA) is 49.8 Å². The lowest BCUT2D eigenvalue weighted by molar-refractivity contribution is -0.150. The first kappa shape index (κ1) is 14.9. The van der Waals surface area contributed by atoms with Gasteiger partial charge in [-0.05, 0) is 38.3 Å².